The maximum absolute atomic E-state index is 13.8. The van der Waals surface area contributed by atoms with Crippen molar-refractivity contribution in [1.82, 2.24) is 0 Å². The second-order valence-corrected chi connectivity index (χ2v) is 10.1. The average Bonchev–Trinajstić information content (AvgIpc) is 3.25. The first-order chi connectivity index (χ1) is 10.8. The van der Waals surface area contributed by atoms with Gasteiger partial charge in [-0.15, -0.1) is 0 Å². The van der Waals surface area contributed by atoms with E-state index in [9.17, 15) is 22.0 Å². The fraction of sp³-hybridized carbons (Fsp3) is 0.938. The van der Waals surface area contributed by atoms with E-state index >= 15 is 0 Å². The van der Waals surface area contributed by atoms with Crippen LogP contribution in [0.4, 0.5) is 8.78 Å². The molecule has 7 unspecified atom stereocenters. The highest BCUT2D eigenvalue weighted by atomic mass is 32.2. The highest BCUT2D eigenvalue weighted by molar-refractivity contribution is 7.93. The molecule has 130 valence electrons. The number of hydrogen-bond acceptors (Lipinski definition) is 4. The molecule has 23 heavy (non-hydrogen) atoms. The molecule has 0 aromatic heterocycles. The lowest BCUT2D eigenvalue weighted by Crippen LogP contribution is -2.44. The zero-order valence-electron chi connectivity index (χ0n) is 13.1. The average molecular weight is 348 g/mol. The van der Waals surface area contributed by atoms with E-state index < -0.39 is 32.9 Å². The van der Waals surface area contributed by atoms with Crippen molar-refractivity contribution in [2.75, 3.05) is 5.75 Å². The predicted octanol–water partition coefficient (Wildman–Crippen LogP) is 2.63. The molecule has 4 aliphatic carbocycles. The predicted molar refractivity (Wildman–Crippen MR) is 78.3 cm³/mol. The van der Waals surface area contributed by atoms with Crippen molar-refractivity contribution < 1.29 is 26.7 Å². The summed E-state index contributed by atoms with van der Waals surface area (Å²) >= 11 is 0. The van der Waals surface area contributed by atoms with Gasteiger partial charge in [-0.1, -0.05) is 6.92 Å². The Kier molecular flexibility index (Phi) is 3.36. The molecule has 0 aromatic carbocycles. The summed E-state index contributed by atoms with van der Waals surface area (Å²) in [5, 5.41) is -4.43. The van der Waals surface area contributed by atoms with Gasteiger partial charge in [-0.25, -0.2) is 13.2 Å². The first kappa shape index (κ1) is 15.8. The monoisotopic (exact) mass is 348 g/mol. The van der Waals surface area contributed by atoms with Crippen LogP contribution in [0, 0.1) is 35.5 Å². The summed E-state index contributed by atoms with van der Waals surface area (Å²) in [6.07, 6.45) is 4.78. The van der Waals surface area contributed by atoms with E-state index in [1.807, 2.05) is 0 Å². The summed E-state index contributed by atoms with van der Waals surface area (Å²) in [4.78, 5) is 11.8. The third kappa shape index (κ3) is 2.04. The first-order valence-corrected chi connectivity index (χ1v) is 10.2. The van der Waals surface area contributed by atoms with Crippen LogP contribution in [0.25, 0.3) is 0 Å². The molecule has 4 rings (SSSR count). The van der Waals surface area contributed by atoms with E-state index in [1.54, 1.807) is 0 Å². The molecule has 7 heteroatoms. The minimum absolute atomic E-state index is 0.157. The van der Waals surface area contributed by atoms with Crippen molar-refractivity contribution in [1.29, 1.82) is 0 Å². The number of fused-ring (bicyclic) bond motifs is 9. The maximum Gasteiger partial charge on any atom is 0.439 e. The molecule has 0 spiro atoms. The SMILES string of the molecule is CCS(=O)(=O)C(F)(F)C(=O)OC1CC2CC1C1C3CCC(C3)C21. The minimum atomic E-state index is -4.79. The number of carbonyl (C=O) groups excluding carboxylic acids is 1. The van der Waals surface area contributed by atoms with Gasteiger partial charge in [0.25, 0.3) is 0 Å². The third-order valence-electron chi connectivity index (χ3n) is 6.94. The standard InChI is InChI=1S/C16H22F2O4S/c1-2-23(20,21)16(17,18)15(19)22-12-7-10-6-11(12)14-9-4-3-8(5-9)13(10)14/h8-14H,2-7H2,1H3. The summed E-state index contributed by atoms with van der Waals surface area (Å²) in [7, 11) is -4.79. The van der Waals surface area contributed by atoms with Gasteiger partial charge in [-0.2, -0.15) is 8.78 Å². The molecule has 0 heterocycles. The molecule has 4 nitrogen and oxygen atoms in total. The molecule has 4 fully saturated rings. The van der Waals surface area contributed by atoms with Gasteiger partial charge in [-0.05, 0) is 67.6 Å². The van der Waals surface area contributed by atoms with E-state index in [0.29, 0.717) is 30.1 Å². The molecule has 0 aromatic rings. The van der Waals surface area contributed by atoms with Crippen LogP contribution >= 0.6 is 0 Å². The smallest absolute Gasteiger partial charge is 0.439 e. The van der Waals surface area contributed by atoms with Gasteiger partial charge in [0.05, 0.1) is 5.75 Å². The Labute approximate surface area is 134 Å². The van der Waals surface area contributed by atoms with Crippen LogP contribution < -0.4 is 0 Å². The van der Waals surface area contributed by atoms with Crippen LogP contribution in [0.3, 0.4) is 0 Å². The van der Waals surface area contributed by atoms with Crippen LogP contribution in [-0.2, 0) is 19.4 Å². The van der Waals surface area contributed by atoms with Crippen molar-refractivity contribution in [2.45, 2.75) is 50.4 Å². The second-order valence-electron chi connectivity index (χ2n) is 7.75. The first-order valence-electron chi connectivity index (χ1n) is 8.57. The number of ether oxygens (including phenoxy) is 1. The quantitative estimate of drug-likeness (QED) is 0.579. The number of carbonyl (C=O) groups is 1. The van der Waals surface area contributed by atoms with Crippen LogP contribution in [0.5, 0.6) is 0 Å². The van der Waals surface area contributed by atoms with Crippen molar-refractivity contribution in [3.63, 3.8) is 0 Å². The van der Waals surface area contributed by atoms with E-state index in [-0.39, 0.29) is 5.92 Å². The third-order valence-corrected chi connectivity index (χ3v) is 8.65. The summed E-state index contributed by atoms with van der Waals surface area (Å²) in [6, 6.07) is 0. The molecule has 0 radical (unpaired) electrons. The van der Waals surface area contributed by atoms with Gasteiger partial charge in [-0.3, -0.25) is 0 Å². The Morgan fingerprint density at radius 3 is 2.39 bits per heavy atom. The van der Waals surface area contributed by atoms with Crippen molar-refractivity contribution in [3.8, 4) is 0 Å². The van der Waals surface area contributed by atoms with Gasteiger partial charge in [0.15, 0.2) is 0 Å². The molecule has 0 N–H and O–H groups in total. The van der Waals surface area contributed by atoms with Gasteiger partial charge in [0.1, 0.15) is 6.10 Å². The van der Waals surface area contributed by atoms with Gasteiger partial charge in [0.2, 0.25) is 9.84 Å². The van der Waals surface area contributed by atoms with Crippen molar-refractivity contribution in [2.24, 2.45) is 35.5 Å². The zero-order valence-corrected chi connectivity index (χ0v) is 13.9. The van der Waals surface area contributed by atoms with E-state index in [0.717, 1.165) is 19.3 Å². The lowest BCUT2D eigenvalue weighted by atomic mass is 9.70. The molecule has 0 amide bonds. The molecular weight excluding hydrogens is 326 g/mol. The van der Waals surface area contributed by atoms with Gasteiger partial charge < -0.3 is 4.74 Å². The molecule has 4 saturated carbocycles. The lowest BCUT2D eigenvalue weighted by molar-refractivity contribution is -0.171. The van der Waals surface area contributed by atoms with Crippen LogP contribution in [0.15, 0.2) is 0 Å². The highest BCUT2D eigenvalue weighted by Gasteiger charge is 2.64. The van der Waals surface area contributed by atoms with Crippen LogP contribution in [0.1, 0.15) is 39.0 Å². The highest BCUT2D eigenvalue weighted by Crippen LogP contribution is 2.67. The Bertz CT molecular complexity index is 632. The van der Waals surface area contributed by atoms with Crippen LogP contribution in [-0.4, -0.2) is 31.5 Å². The second kappa shape index (κ2) is 4.90. The summed E-state index contributed by atoms with van der Waals surface area (Å²) < 4.78 is 55.6. The molecular formula is C16H22F2O4S. The lowest BCUT2D eigenvalue weighted by Gasteiger charge is -2.38. The molecule has 0 saturated heterocycles. The van der Waals surface area contributed by atoms with E-state index in [4.69, 9.17) is 4.74 Å². The van der Waals surface area contributed by atoms with Crippen molar-refractivity contribution in [3.05, 3.63) is 0 Å². The Balaban J connectivity index is 1.48. The molecule has 4 bridgehead atoms. The topological polar surface area (TPSA) is 60.4 Å². The fourth-order valence-corrected chi connectivity index (χ4v) is 6.82. The largest absolute Gasteiger partial charge is 0.457 e. The zero-order chi connectivity index (χ0) is 16.6. The van der Waals surface area contributed by atoms with Gasteiger partial charge in [0, 0.05) is 0 Å². The number of esters is 1. The summed E-state index contributed by atoms with van der Waals surface area (Å²) in [6.45, 7) is 1.11. The normalized spacial score (nSPS) is 44.6. The Morgan fingerprint density at radius 2 is 1.74 bits per heavy atom. The Hall–Kier alpha value is -0.720. The van der Waals surface area contributed by atoms with Crippen molar-refractivity contribution >= 4 is 15.8 Å². The summed E-state index contributed by atoms with van der Waals surface area (Å²) in [5.74, 6) is 0.589. The van der Waals surface area contributed by atoms with E-state index in [1.165, 1.54) is 19.3 Å². The fourth-order valence-electron chi connectivity index (χ4n) is 6.15. The minimum Gasteiger partial charge on any atom is -0.457 e. The van der Waals surface area contributed by atoms with Gasteiger partial charge >= 0.3 is 11.2 Å². The maximum atomic E-state index is 13.8. The Morgan fingerprint density at radius 1 is 1.09 bits per heavy atom. The number of alkyl halides is 2. The number of halogens is 2. The number of rotatable bonds is 4. The summed E-state index contributed by atoms with van der Waals surface area (Å²) in [5.41, 5.74) is 0. The molecule has 4 aliphatic rings. The van der Waals surface area contributed by atoms with E-state index in [2.05, 4.69) is 0 Å². The molecule has 7 atom stereocenters. The molecule has 0 aliphatic heterocycles. The number of sulfone groups is 1. The van der Waals surface area contributed by atoms with Crippen LogP contribution in [0.2, 0.25) is 0 Å². The number of hydrogen-bond donors (Lipinski definition) is 0.